The highest BCUT2D eigenvalue weighted by Gasteiger charge is 2.03. The van der Waals surface area contributed by atoms with E-state index >= 15 is 0 Å². The first-order chi connectivity index (χ1) is 9.29. The standard InChI is InChI=1S/C14H16ClN3S/c1-2-8-16-13-7-9-17-14(18-13)10-19-12-6-4-3-5-11(12)15/h3-7,9H,2,8,10H2,1H3,(H,16,17,18). The van der Waals surface area contributed by atoms with Crippen molar-refractivity contribution < 1.29 is 0 Å². The Morgan fingerprint density at radius 2 is 2.11 bits per heavy atom. The molecule has 0 unspecified atom stereocenters. The Bertz CT molecular complexity index is 534. The summed E-state index contributed by atoms with van der Waals surface area (Å²) in [5, 5.41) is 4.03. The van der Waals surface area contributed by atoms with Gasteiger partial charge in [0.2, 0.25) is 0 Å². The smallest absolute Gasteiger partial charge is 0.140 e. The minimum absolute atomic E-state index is 0.714. The maximum atomic E-state index is 6.12. The Labute approximate surface area is 122 Å². The number of benzene rings is 1. The minimum Gasteiger partial charge on any atom is -0.370 e. The van der Waals surface area contributed by atoms with Crippen LogP contribution in [-0.2, 0) is 5.75 Å². The van der Waals surface area contributed by atoms with Gasteiger partial charge >= 0.3 is 0 Å². The molecule has 0 fully saturated rings. The molecule has 0 aliphatic rings. The van der Waals surface area contributed by atoms with Crippen molar-refractivity contribution in [2.24, 2.45) is 0 Å². The van der Waals surface area contributed by atoms with Crippen LogP contribution in [0.1, 0.15) is 19.2 Å². The number of thioether (sulfide) groups is 1. The second kappa shape index (κ2) is 7.36. The van der Waals surface area contributed by atoms with Crippen LogP contribution in [0.2, 0.25) is 5.02 Å². The number of hydrogen-bond donors (Lipinski definition) is 1. The number of nitrogens with one attached hydrogen (secondary N) is 1. The van der Waals surface area contributed by atoms with Gasteiger partial charge in [0, 0.05) is 17.6 Å². The number of anilines is 1. The summed E-state index contributed by atoms with van der Waals surface area (Å²) >= 11 is 7.76. The molecule has 0 atom stereocenters. The van der Waals surface area contributed by atoms with Crippen molar-refractivity contribution in [2.75, 3.05) is 11.9 Å². The van der Waals surface area contributed by atoms with Crippen LogP contribution in [0.3, 0.4) is 0 Å². The molecule has 2 rings (SSSR count). The molecule has 3 nitrogen and oxygen atoms in total. The molecule has 0 amide bonds. The molecular weight excluding hydrogens is 278 g/mol. The highest BCUT2D eigenvalue weighted by Crippen LogP contribution is 2.28. The van der Waals surface area contributed by atoms with Gasteiger partial charge in [-0.1, -0.05) is 30.7 Å². The third kappa shape index (κ3) is 4.40. The molecule has 0 bridgehead atoms. The third-order valence-electron chi connectivity index (χ3n) is 2.46. The summed E-state index contributed by atoms with van der Waals surface area (Å²) in [6, 6.07) is 9.70. The Kier molecular flexibility index (Phi) is 5.48. The van der Waals surface area contributed by atoms with Crippen LogP contribution in [0.4, 0.5) is 5.82 Å². The SMILES string of the molecule is CCCNc1ccnc(CSc2ccccc2Cl)n1. The van der Waals surface area contributed by atoms with Gasteiger partial charge in [0.25, 0.3) is 0 Å². The van der Waals surface area contributed by atoms with Gasteiger partial charge in [0.05, 0.1) is 10.8 Å². The zero-order valence-corrected chi connectivity index (χ0v) is 12.3. The van der Waals surface area contributed by atoms with Crippen LogP contribution in [0.15, 0.2) is 41.4 Å². The minimum atomic E-state index is 0.714. The van der Waals surface area contributed by atoms with Gasteiger partial charge in [-0.15, -0.1) is 11.8 Å². The second-order valence-electron chi connectivity index (χ2n) is 4.00. The summed E-state index contributed by atoms with van der Waals surface area (Å²) in [6.07, 6.45) is 2.86. The predicted molar refractivity (Wildman–Crippen MR) is 81.8 cm³/mol. The molecule has 1 N–H and O–H groups in total. The predicted octanol–water partition coefficient (Wildman–Crippen LogP) is 4.24. The van der Waals surface area contributed by atoms with Crippen molar-refractivity contribution in [2.45, 2.75) is 24.0 Å². The lowest BCUT2D eigenvalue weighted by Gasteiger charge is -2.06. The van der Waals surface area contributed by atoms with E-state index in [1.165, 1.54) is 0 Å². The van der Waals surface area contributed by atoms with Crippen LogP contribution < -0.4 is 5.32 Å². The van der Waals surface area contributed by atoms with Crippen molar-refractivity contribution in [1.82, 2.24) is 9.97 Å². The molecule has 5 heteroatoms. The summed E-state index contributed by atoms with van der Waals surface area (Å²) in [6.45, 7) is 3.05. The molecule has 0 aliphatic carbocycles. The molecule has 0 spiro atoms. The largest absolute Gasteiger partial charge is 0.370 e. The number of rotatable bonds is 6. The van der Waals surface area contributed by atoms with Crippen molar-refractivity contribution in [3.63, 3.8) is 0 Å². The van der Waals surface area contributed by atoms with Crippen molar-refractivity contribution in [1.29, 1.82) is 0 Å². The van der Waals surface area contributed by atoms with Crippen molar-refractivity contribution in [3.05, 3.63) is 47.4 Å². The number of hydrogen-bond acceptors (Lipinski definition) is 4. The average molecular weight is 294 g/mol. The van der Waals surface area contributed by atoms with Gasteiger partial charge in [-0.05, 0) is 24.6 Å². The van der Waals surface area contributed by atoms with Gasteiger partial charge in [0.1, 0.15) is 11.6 Å². The van der Waals surface area contributed by atoms with Crippen LogP contribution in [-0.4, -0.2) is 16.5 Å². The average Bonchev–Trinajstić information content (AvgIpc) is 2.45. The highest BCUT2D eigenvalue weighted by atomic mass is 35.5. The Morgan fingerprint density at radius 1 is 1.26 bits per heavy atom. The molecule has 1 aromatic heterocycles. The monoisotopic (exact) mass is 293 g/mol. The third-order valence-corrected chi connectivity index (χ3v) is 3.97. The first kappa shape index (κ1) is 14.2. The molecule has 2 aromatic rings. The summed E-state index contributed by atoms with van der Waals surface area (Å²) in [4.78, 5) is 9.80. The van der Waals surface area contributed by atoms with Crippen LogP contribution in [0, 0.1) is 0 Å². The van der Waals surface area contributed by atoms with Gasteiger partial charge in [0.15, 0.2) is 0 Å². The fraction of sp³-hybridized carbons (Fsp3) is 0.286. The first-order valence-corrected chi connectivity index (χ1v) is 7.59. The summed E-state index contributed by atoms with van der Waals surface area (Å²) in [5.41, 5.74) is 0. The van der Waals surface area contributed by atoms with E-state index in [4.69, 9.17) is 11.6 Å². The second-order valence-corrected chi connectivity index (χ2v) is 5.43. The fourth-order valence-corrected chi connectivity index (χ4v) is 2.63. The topological polar surface area (TPSA) is 37.8 Å². The van der Waals surface area contributed by atoms with Crippen LogP contribution in [0.5, 0.6) is 0 Å². The van der Waals surface area contributed by atoms with E-state index in [1.807, 2.05) is 30.3 Å². The molecule has 0 aliphatic heterocycles. The van der Waals surface area contributed by atoms with Crippen LogP contribution >= 0.6 is 23.4 Å². The highest BCUT2D eigenvalue weighted by molar-refractivity contribution is 7.98. The lowest BCUT2D eigenvalue weighted by Crippen LogP contribution is -2.04. The van der Waals surface area contributed by atoms with Crippen LogP contribution in [0.25, 0.3) is 0 Å². The maximum absolute atomic E-state index is 6.12. The van der Waals surface area contributed by atoms with Gasteiger partial charge in [-0.2, -0.15) is 0 Å². The number of nitrogens with zero attached hydrogens (tertiary/aromatic N) is 2. The van der Waals surface area contributed by atoms with Gasteiger partial charge in [-0.3, -0.25) is 0 Å². The zero-order valence-electron chi connectivity index (χ0n) is 10.8. The molecule has 1 heterocycles. The van der Waals surface area contributed by atoms with E-state index in [2.05, 4.69) is 22.2 Å². The van der Waals surface area contributed by atoms with Crippen molar-refractivity contribution >= 4 is 29.2 Å². The van der Waals surface area contributed by atoms with E-state index in [0.29, 0.717) is 5.75 Å². The molecule has 0 radical (unpaired) electrons. The summed E-state index contributed by atoms with van der Waals surface area (Å²) in [7, 11) is 0. The summed E-state index contributed by atoms with van der Waals surface area (Å²) in [5.74, 6) is 2.41. The number of halogens is 1. The normalized spacial score (nSPS) is 10.4. The van der Waals surface area contributed by atoms with E-state index in [-0.39, 0.29) is 0 Å². The summed E-state index contributed by atoms with van der Waals surface area (Å²) < 4.78 is 0. The Balaban J connectivity index is 1.98. The molecule has 0 saturated carbocycles. The van der Waals surface area contributed by atoms with Gasteiger partial charge in [-0.25, -0.2) is 9.97 Å². The van der Waals surface area contributed by atoms with E-state index in [1.54, 1.807) is 18.0 Å². The van der Waals surface area contributed by atoms with Gasteiger partial charge < -0.3 is 5.32 Å². The first-order valence-electron chi connectivity index (χ1n) is 6.22. The van der Waals surface area contributed by atoms with E-state index < -0.39 is 0 Å². The fourth-order valence-electron chi connectivity index (χ4n) is 1.52. The molecule has 1 aromatic carbocycles. The Hall–Kier alpha value is -1.26. The van der Waals surface area contributed by atoms with Crippen molar-refractivity contribution in [3.8, 4) is 0 Å². The quantitative estimate of drug-likeness (QED) is 0.808. The van der Waals surface area contributed by atoms with E-state index in [0.717, 1.165) is 34.5 Å². The maximum Gasteiger partial charge on any atom is 0.140 e. The molecule has 100 valence electrons. The zero-order chi connectivity index (χ0) is 13.5. The molecular formula is C14H16ClN3S. The molecule has 19 heavy (non-hydrogen) atoms. The number of aromatic nitrogens is 2. The molecule has 0 saturated heterocycles. The van der Waals surface area contributed by atoms with E-state index in [9.17, 15) is 0 Å². The Morgan fingerprint density at radius 3 is 2.89 bits per heavy atom. The lowest BCUT2D eigenvalue weighted by molar-refractivity contribution is 0.951. The lowest BCUT2D eigenvalue weighted by atomic mass is 10.4.